The van der Waals surface area contributed by atoms with Crippen molar-refractivity contribution >= 4 is 21.9 Å². The molecule has 3 N–H and O–H groups in total. The maximum Gasteiger partial charge on any atom is 0.277 e. The van der Waals surface area contributed by atoms with Crippen LogP contribution in [0.1, 0.15) is 6.42 Å². The molecule has 1 aliphatic heterocycles. The monoisotopic (exact) mass is 327 g/mol. The molecule has 1 saturated heterocycles. The van der Waals surface area contributed by atoms with Crippen LogP contribution in [0.3, 0.4) is 0 Å². The SMILES string of the molecule is C[NH+]1CC[NH+](CCCn2cnc3c([nH]c4ccccc43)c2=O)CC1. The van der Waals surface area contributed by atoms with Gasteiger partial charge in [0.05, 0.1) is 19.9 Å². The molecule has 0 aliphatic carbocycles. The van der Waals surface area contributed by atoms with Crippen molar-refractivity contribution < 1.29 is 9.80 Å². The number of quaternary nitrogens is 2. The molecule has 1 aliphatic rings. The normalized spacial score (nSPS) is 21.5. The Labute approximate surface area is 140 Å². The lowest BCUT2D eigenvalue weighted by atomic mass is 10.2. The van der Waals surface area contributed by atoms with Crippen LogP contribution in [0.2, 0.25) is 0 Å². The van der Waals surface area contributed by atoms with Crippen molar-refractivity contribution in [3.05, 3.63) is 40.9 Å². The zero-order valence-corrected chi connectivity index (χ0v) is 14.1. The summed E-state index contributed by atoms with van der Waals surface area (Å²) >= 11 is 0. The van der Waals surface area contributed by atoms with Gasteiger partial charge in [-0.05, 0) is 6.07 Å². The van der Waals surface area contributed by atoms with E-state index in [4.69, 9.17) is 0 Å². The summed E-state index contributed by atoms with van der Waals surface area (Å²) < 4.78 is 1.75. The van der Waals surface area contributed by atoms with Crippen LogP contribution in [0, 0.1) is 0 Å². The molecule has 0 saturated carbocycles. The Hall–Kier alpha value is -2.18. The number of benzene rings is 1. The van der Waals surface area contributed by atoms with Gasteiger partial charge in [-0.25, -0.2) is 4.98 Å². The molecule has 6 heteroatoms. The summed E-state index contributed by atoms with van der Waals surface area (Å²) in [5.74, 6) is 0. The first-order valence-corrected chi connectivity index (χ1v) is 8.83. The van der Waals surface area contributed by atoms with Gasteiger partial charge in [-0.1, -0.05) is 18.2 Å². The van der Waals surface area contributed by atoms with Gasteiger partial charge in [0, 0.05) is 23.9 Å². The maximum absolute atomic E-state index is 12.7. The third kappa shape index (κ3) is 2.83. The fourth-order valence-corrected chi connectivity index (χ4v) is 3.68. The number of piperazine rings is 1. The van der Waals surface area contributed by atoms with E-state index < -0.39 is 0 Å². The quantitative estimate of drug-likeness (QED) is 0.557. The van der Waals surface area contributed by atoms with E-state index in [-0.39, 0.29) is 5.56 Å². The average Bonchev–Trinajstić information content (AvgIpc) is 2.98. The summed E-state index contributed by atoms with van der Waals surface area (Å²) in [7, 11) is 2.26. The third-order valence-electron chi connectivity index (χ3n) is 5.22. The first-order chi connectivity index (χ1) is 11.7. The largest absolute Gasteiger partial charge is 0.349 e. The van der Waals surface area contributed by atoms with E-state index in [9.17, 15) is 4.79 Å². The highest BCUT2D eigenvalue weighted by Crippen LogP contribution is 2.20. The second kappa shape index (κ2) is 6.37. The number of likely N-dealkylation sites (N-methyl/N-ethyl adjacent to an activating group) is 1. The van der Waals surface area contributed by atoms with Gasteiger partial charge in [0.1, 0.15) is 37.2 Å². The van der Waals surface area contributed by atoms with Crippen molar-refractivity contribution in [3.8, 4) is 0 Å². The molecule has 3 aromatic rings. The lowest BCUT2D eigenvalue weighted by Gasteiger charge is -2.27. The third-order valence-corrected chi connectivity index (χ3v) is 5.22. The number of aromatic amines is 1. The Kier molecular flexibility index (Phi) is 4.08. The van der Waals surface area contributed by atoms with Crippen LogP contribution in [0.5, 0.6) is 0 Å². The molecule has 1 fully saturated rings. The van der Waals surface area contributed by atoms with Crippen molar-refractivity contribution in [2.24, 2.45) is 0 Å². The van der Waals surface area contributed by atoms with Crippen molar-refractivity contribution in [1.29, 1.82) is 0 Å². The summed E-state index contributed by atoms with van der Waals surface area (Å²) in [5, 5.41) is 1.01. The van der Waals surface area contributed by atoms with Crippen molar-refractivity contribution in [2.45, 2.75) is 13.0 Å². The van der Waals surface area contributed by atoms with Crippen LogP contribution in [0.4, 0.5) is 0 Å². The Balaban J connectivity index is 1.49. The van der Waals surface area contributed by atoms with Crippen LogP contribution in [-0.4, -0.2) is 54.3 Å². The molecule has 126 valence electrons. The highest BCUT2D eigenvalue weighted by molar-refractivity contribution is 6.04. The van der Waals surface area contributed by atoms with Crippen LogP contribution >= 0.6 is 0 Å². The number of rotatable bonds is 4. The van der Waals surface area contributed by atoms with Gasteiger partial charge in [0.2, 0.25) is 0 Å². The van der Waals surface area contributed by atoms with E-state index in [0.29, 0.717) is 5.52 Å². The van der Waals surface area contributed by atoms with E-state index in [0.717, 1.165) is 35.9 Å². The molecule has 6 nitrogen and oxygen atoms in total. The average molecular weight is 327 g/mol. The zero-order chi connectivity index (χ0) is 16.5. The summed E-state index contributed by atoms with van der Waals surface area (Å²) in [4.78, 5) is 23.7. The Morgan fingerprint density at radius 3 is 2.83 bits per heavy atom. The number of nitrogens with one attached hydrogen (secondary N) is 3. The number of fused-ring (bicyclic) bond motifs is 3. The number of hydrogen-bond donors (Lipinski definition) is 3. The summed E-state index contributed by atoms with van der Waals surface area (Å²) in [5.41, 5.74) is 2.40. The van der Waals surface area contributed by atoms with Gasteiger partial charge in [-0.2, -0.15) is 0 Å². The maximum atomic E-state index is 12.7. The molecule has 1 aromatic carbocycles. The van der Waals surface area contributed by atoms with E-state index in [1.54, 1.807) is 20.7 Å². The number of nitrogens with zero attached hydrogens (tertiary/aromatic N) is 2. The molecule has 0 atom stereocenters. The second-order valence-corrected chi connectivity index (χ2v) is 6.95. The van der Waals surface area contributed by atoms with Crippen LogP contribution in [-0.2, 0) is 6.54 Å². The summed E-state index contributed by atoms with van der Waals surface area (Å²) in [6, 6.07) is 7.93. The molecule has 24 heavy (non-hydrogen) atoms. The van der Waals surface area contributed by atoms with Crippen molar-refractivity contribution in [3.63, 3.8) is 0 Å². The lowest BCUT2D eigenvalue weighted by molar-refractivity contribution is -1.00. The molecule has 0 bridgehead atoms. The van der Waals surface area contributed by atoms with E-state index in [2.05, 4.69) is 17.0 Å². The Morgan fingerprint density at radius 1 is 1.21 bits per heavy atom. The highest BCUT2D eigenvalue weighted by atomic mass is 16.1. The minimum Gasteiger partial charge on any atom is -0.349 e. The molecule has 0 radical (unpaired) electrons. The van der Waals surface area contributed by atoms with E-state index in [1.807, 2.05) is 24.3 Å². The predicted octanol–water partition coefficient (Wildman–Crippen LogP) is -1.32. The topological polar surface area (TPSA) is 59.6 Å². The fourth-order valence-electron chi connectivity index (χ4n) is 3.68. The van der Waals surface area contributed by atoms with Gasteiger partial charge < -0.3 is 14.8 Å². The zero-order valence-electron chi connectivity index (χ0n) is 14.1. The van der Waals surface area contributed by atoms with Gasteiger partial charge in [-0.3, -0.25) is 9.36 Å². The Bertz CT molecular complexity index is 905. The number of aryl methyl sites for hydroxylation is 1. The fraction of sp³-hybridized carbons (Fsp3) is 0.444. The molecular weight excluding hydrogens is 302 g/mol. The standard InChI is InChI=1S/C18H23N5O/c1-21-9-11-22(12-10-21)7-4-8-23-13-19-16-14-5-2-3-6-15(14)20-17(16)18(23)24/h2-3,5-6,13,20H,4,7-12H2,1H3/p+2. The molecule has 0 unspecified atom stereocenters. The highest BCUT2D eigenvalue weighted by Gasteiger charge is 2.19. The van der Waals surface area contributed by atoms with E-state index >= 15 is 0 Å². The first-order valence-electron chi connectivity index (χ1n) is 8.83. The number of hydrogen-bond acceptors (Lipinski definition) is 2. The Morgan fingerprint density at radius 2 is 2.00 bits per heavy atom. The minimum atomic E-state index is 0.0361. The molecule has 0 spiro atoms. The first kappa shape index (κ1) is 15.4. The van der Waals surface area contributed by atoms with Gasteiger partial charge in [0.15, 0.2) is 0 Å². The number of para-hydroxylation sites is 1. The summed E-state index contributed by atoms with van der Waals surface area (Å²) in [6.45, 7) is 6.84. The molecule has 2 aromatic heterocycles. The van der Waals surface area contributed by atoms with Crippen LogP contribution in [0.15, 0.2) is 35.4 Å². The smallest absolute Gasteiger partial charge is 0.277 e. The lowest BCUT2D eigenvalue weighted by Crippen LogP contribution is -3.27. The minimum absolute atomic E-state index is 0.0361. The van der Waals surface area contributed by atoms with Crippen LogP contribution in [0.25, 0.3) is 21.9 Å². The van der Waals surface area contributed by atoms with Crippen molar-refractivity contribution in [1.82, 2.24) is 14.5 Å². The second-order valence-electron chi connectivity index (χ2n) is 6.95. The summed E-state index contributed by atoms with van der Waals surface area (Å²) in [6.07, 6.45) is 2.72. The molecule has 3 heterocycles. The van der Waals surface area contributed by atoms with Gasteiger partial charge >= 0.3 is 0 Å². The van der Waals surface area contributed by atoms with Crippen molar-refractivity contribution in [2.75, 3.05) is 39.8 Å². The molecule has 4 rings (SSSR count). The molecule has 0 amide bonds. The number of H-pyrrole nitrogens is 1. The number of aromatic nitrogens is 3. The van der Waals surface area contributed by atoms with Gasteiger partial charge in [-0.15, -0.1) is 0 Å². The van der Waals surface area contributed by atoms with Crippen LogP contribution < -0.4 is 15.4 Å². The van der Waals surface area contributed by atoms with E-state index in [1.165, 1.54) is 26.2 Å². The molecular formula is C18H25N5O+2. The predicted molar refractivity (Wildman–Crippen MR) is 94.7 cm³/mol. The van der Waals surface area contributed by atoms with Gasteiger partial charge in [0.25, 0.3) is 5.56 Å².